The average molecular weight is 321 g/mol. The van der Waals surface area contributed by atoms with E-state index in [-0.39, 0.29) is 13.0 Å². The molecule has 0 spiro atoms. The van der Waals surface area contributed by atoms with Gasteiger partial charge in [0.05, 0.1) is 0 Å². The number of carbonyl (C=O) groups is 2. The molecule has 1 aromatic heterocycles. The van der Waals surface area contributed by atoms with Crippen LogP contribution in [0.15, 0.2) is 16.8 Å². The summed E-state index contributed by atoms with van der Waals surface area (Å²) in [4.78, 5) is 24.0. The molecular formula is C13H14F3NO3S. The lowest BCUT2D eigenvalue weighted by molar-refractivity contribution is -0.227. The molecule has 1 saturated heterocycles. The molecule has 1 aromatic rings. The first-order valence-electron chi connectivity index (χ1n) is 6.35. The van der Waals surface area contributed by atoms with Crippen LogP contribution < -0.4 is 0 Å². The van der Waals surface area contributed by atoms with Crippen molar-refractivity contribution in [2.45, 2.75) is 25.4 Å². The molecule has 1 fully saturated rings. The molecule has 1 aliphatic rings. The molecule has 21 heavy (non-hydrogen) atoms. The van der Waals surface area contributed by atoms with Gasteiger partial charge in [-0.25, -0.2) is 0 Å². The van der Waals surface area contributed by atoms with Crippen molar-refractivity contribution in [2.24, 2.45) is 5.41 Å². The summed E-state index contributed by atoms with van der Waals surface area (Å²) in [7, 11) is 0. The highest BCUT2D eigenvalue weighted by atomic mass is 32.1. The Balaban J connectivity index is 2.00. The van der Waals surface area contributed by atoms with Crippen LogP contribution in [0.25, 0.3) is 0 Å². The summed E-state index contributed by atoms with van der Waals surface area (Å²) in [6.45, 7) is -0.970. The SMILES string of the molecule is O=C(CCc1ccsc1)N1CC[C@@](C(=O)O)(C(F)(F)F)C1. The fourth-order valence-electron chi connectivity index (χ4n) is 2.39. The number of aliphatic carboxylic acids is 1. The monoisotopic (exact) mass is 321 g/mol. The number of hydrogen-bond donors (Lipinski definition) is 1. The molecule has 0 aliphatic carbocycles. The maximum atomic E-state index is 13.0. The predicted molar refractivity (Wildman–Crippen MR) is 70.0 cm³/mol. The largest absolute Gasteiger partial charge is 0.481 e. The van der Waals surface area contributed by atoms with E-state index in [2.05, 4.69) is 0 Å². The van der Waals surface area contributed by atoms with Gasteiger partial charge in [0.15, 0.2) is 5.41 Å². The van der Waals surface area contributed by atoms with Crippen LogP contribution in [0.2, 0.25) is 0 Å². The van der Waals surface area contributed by atoms with Gasteiger partial charge in [0.25, 0.3) is 0 Å². The number of hydrogen-bond acceptors (Lipinski definition) is 3. The molecule has 0 aromatic carbocycles. The quantitative estimate of drug-likeness (QED) is 0.927. The van der Waals surface area contributed by atoms with Gasteiger partial charge in [-0.05, 0) is 35.2 Å². The number of halogens is 3. The zero-order valence-electron chi connectivity index (χ0n) is 11.0. The maximum absolute atomic E-state index is 13.0. The highest BCUT2D eigenvalue weighted by molar-refractivity contribution is 7.07. The number of carboxylic acid groups (broad SMARTS) is 1. The second kappa shape index (κ2) is 5.67. The minimum atomic E-state index is -4.86. The minimum absolute atomic E-state index is 0.0876. The van der Waals surface area contributed by atoms with Crippen LogP contribution in [0.1, 0.15) is 18.4 Å². The Morgan fingerprint density at radius 2 is 2.14 bits per heavy atom. The molecule has 1 N–H and O–H groups in total. The summed E-state index contributed by atoms with van der Waals surface area (Å²) in [6, 6.07) is 1.85. The summed E-state index contributed by atoms with van der Waals surface area (Å²) >= 11 is 1.48. The smallest absolute Gasteiger partial charge is 0.406 e. The molecule has 0 unspecified atom stereocenters. The van der Waals surface area contributed by atoms with Gasteiger partial charge in [0.2, 0.25) is 5.91 Å². The number of amides is 1. The Kier molecular flexibility index (Phi) is 4.27. The zero-order valence-corrected chi connectivity index (χ0v) is 11.8. The Labute approximate surface area is 123 Å². The van der Waals surface area contributed by atoms with Crippen molar-refractivity contribution in [3.05, 3.63) is 22.4 Å². The molecule has 0 bridgehead atoms. The van der Waals surface area contributed by atoms with Crippen molar-refractivity contribution in [3.8, 4) is 0 Å². The van der Waals surface area contributed by atoms with Gasteiger partial charge in [-0.3, -0.25) is 9.59 Å². The number of alkyl halides is 3. The second-order valence-corrected chi connectivity index (χ2v) is 5.86. The van der Waals surface area contributed by atoms with Crippen LogP contribution >= 0.6 is 11.3 Å². The van der Waals surface area contributed by atoms with Crippen LogP contribution in [-0.2, 0) is 16.0 Å². The molecule has 1 atom stereocenters. The topological polar surface area (TPSA) is 57.6 Å². The van der Waals surface area contributed by atoms with Gasteiger partial charge in [-0.15, -0.1) is 0 Å². The number of rotatable bonds is 4. The fraction of sp³-hybridized carbons (Fsp3) is 0.538. The van der Waals surface area contributed by atoms with E-state index in [0.717, 1.165) is 10.5 Å². The summed E-state index contributed by atoms with van der Waals surface area (Å²) < 4.78 is 39.0. The average Bonchev–Trinajstić information content (AvgIpc) is 3.04. The first-order chi connectivity index (χ1) is 9.76. The zero-order chi connectivity index (χ0) is 15.7. The van der Waals surface area contributed by atoms with Crippen LogP contribution in [0.3, 0.4) is 0 Å². The third kappa shape index (κ3) is 3.04. The van der Waals surface area contributed by atoms with Crippen LogP contribution in [0.5, 0.6) is 0 Å². The van der Waals surface area contributed by atoms with Crippen LogP contribution in [-0.4, -0.2) is 41.1 Å². The number of aryl methyl sites for hydroxylation is 1. The minimum Gasteiger partial charge on any atom is -0.481 e. The Morgan fingerprint density at radius 1 is 1.43 bits per heavy atom. The lowest BCUT2D eigenvalue weighted by Crippen LogP contribution is -2.47. The first kappa shape index (κ1) is 15.8. The lowest BCUT2D eigenvalue weighted by Gasteiger charge is -2.27. The van der Waals surface area contributed by atoms with Gasteiger partial charge in [0, 0.05) is 19.5 Å². The van der Waals surface area contributed by atoms with Crippen molar-refractivity contribution >= 4 is 23.2 Å². The van der Waals surface area contributed by atoms with Crippen molar-refractivity contribution in [1.29, 1.82) is 0 Å². The molecule has 8 heteroatoms. The van der Waals surface area contributed by atoms with Crippen molar-refractivity contribution < 1.29 is 27.9 Å². The van der Waals surface area contributed by atoms with Gasteiger partial charge in [-0.1, -0.05) is 0 Å². The number of likely N-dealkylation sites (tertiary alicyclic amines) is 1. The molecule has 2 rings (SSSR count). The molecule has 0 radical (unpaired) electrons. The van der Waals surface area contributed by atoms with E-state index in [1.165, 1.54) is 11.3 Å². The Morgan fingerprint density at radius 3 is 2.62 bits per heavy atom. The summed E-state index contributed by atoms with van der Waals surface area (Å²) in [5.41, 5.74) is -1.88. The van der Waals surface area contributed by atoms with Crippen molar-refractivity contribution in [3.63, 3.8) is 0 Å². The van der Waals surface area contributed by atoms with Crippen molar-refractivity contribution in [2.75, 3.05) is 13.1 Å². The van der Waals surface area contributed by atoms with E-state index in [1.807, 2.05) is 16.8 Å². The first-order valence-corrected chi connectivity index (χ1v) is 7.29. The second-order valence-electron chi connectivity index (χ2n) is 5.08. The molecule has 4 nitrogen and oxygen atoms in total. The van der Waals surface area contributed by atoms with Crippen LogP contribution in [0, 0.1) is 5.41 Å². The molecule has 116 valence electrons. The van der Waals surface area contributed by atoms with E-state index < -0.39 is 36.4 Å². The highest BCUT2D eigenvalue weighted by Gasteiger charge is 2.64. The summed E-state index contributed by atoms with van der Waals surface area (Å²) in [6.07, 6.45) is -4.91. The maximum Gasteiger partial charge on any atom is 0.406 e. The van der Waals surface area contributed by atoms with E-state index >= 15 is 0 Å². The van der Waals surface area contributed by atoms with Gasteiger partial charge < -0.3 is 10.0 Å². The van der Waals surface area contributed by atoms with E-state index in [1.54, 1.807) is 0 Å². The Hall–Kier alpha value is -1.57. The standard InChI is InChI=1S/C13H14F3NO3S/c14-13(15,16)12(11(19)20)4-5-17(8-12)10(18)2-1-9-3-6-21-7-9/h3,6-7H,1-2,4-5,8H2,(H,19,20)/t12-/m1/s1. The molecule has 2 heterocycles. The van der Waals surface area contributed by atoms with E-state index in [4.69, 9.17) is 5.11 Å². The normalized spacial score (nSPS) is 22.5. The summed E-state index contributed by atoms with van der Waals surface area (Å²) in [5, 5.41) is 12.6. The van der Waals surface area contributed by atoms with Gasteiger partial charge in [0.1, 0.15) is 0 Å². The summed E-state index contributed by atoms with van der Waals surface area (Å²) in [5.74, 6) is -2.35. The number of nitrogens with zero attached hydrogens (tertiary/aromatic N) is 1. The van der Waals surface area contributed by atoms with Gasteiger partial charge in [-0.2, -0.15) is 24.5 Å². The molecular weight excluding hydrogens is 307 g/mol. The predicted octanol–water partition coefficient (Wildman–Crippen LogP) is 2.55. The third-order valence-electron chi connectivity index (χ3n) is 3.78. The van der Waals surface area contributed by atoms with Crippen molar-refractivity contribution in [1.82, 2.24) is 4.90 Å². The highest BCUT2D eigenvalue weighted by Crippen LogP contribution is 2.45. The van der Waals surface area contributed by atoms with E-state index in [9.17, 15) is 22.8 Å². The number of carbonyl (C=O) groups excluding carboxylic acids is 1. The van der Waals surface area contributed by atoms with Gasteiger partial charge >= 0.3 is 12.1 Å². The molecule has 1 amide bonds. The number of carboxylic acids is 1. The van der Waals surface area contributed by atoms with E-state index in [0.29, 0.717) is 6.42 Å². The Bertz CT molecular complexity index is 529. The fourth-order valence-corrected chi connectivity index (χ4v) is 3.10. The molecule has 1 aliphatic heterocycles. The van der Waals surface area contributed by atoms with Crippen LogP contribution in [0.4, 0.5) is 13.2 Å². The lowest BCUT2D eigenvalue weighted by atomic mass is 9.86. The third-order valence-corrected chi connectivity index (χ3v) is 4.51. The number of thiophene rings is 1. The molecule has 0 saturated carbocycles.